The molecule has 0 amide bonds. The summed E-state index contributed by atoms with van der Waals surface area (Å²) in [4.78, 5) is 24.1. The highest BCUT2D eigenvalue weighted by molar-refractivity contribution is 5.76. The number of aliphatic hydroxyl groups excluding tert-OH is 2. The lowest BCUT2D eigenvalue weighted by molar-refractivity contribution is -0.307. The molecular formula is C25H43NO6. The molecule has 0 unspecified atom stereocenters. The number of rotatable bonds is 10. The zero-order valence-corrected chi connectivity index (χ0v) is 19.5. The molecule has 0 heterocycles. The smallest absolute Gasteiger partial charge is 0.311 e. The van der Waals surface area contributed by atoms with E-state index in [1.807, 2.05) is 26.0 Å². The molecule has 32 heavy (non-hydrogen) atoms. The van der Waals surface area contributed by atoms with Crippen molar-refractivity contribution in [2.45, 2.75) is 91.3 Å². The molecule has 0 aromatic heterocycles. The summed E-state index contributed by atoms with van der Waals surface area (Å²) in [6, 6.07) is 0. The maximum atomic E-state index is 13.4. The van der Waals surface area contributed by atoms with Crippen molar-refractivity contribution in [3.8, 4) is 0 Å². The van der Waals surface area contributed by atoms with Gasteiger partial charge in [0, 0.05) is 26.5 Å². The summed E-state index contributed by atoms with van der Waals surface area (Å²) >= 11 is 0. The third kappa shape index (κ3) is 7.42. The molecular weight excluding hydrogens is 410 g/mol. The predicted octanol–water partition coefficient (Wildman–Crippen LogP) is 3.15. The first-order chi connectivity index (χ1) is 16.9. The van der Waals surface area contributed by atoms with Crippen molar-refractivity contribution in [3.05, 3.63) is 23.8 Å². The third-order valence-corrected chi connectivity index (χ3v) is 6.51. The lowest BCUT2D eigenvalue weighted by Crippen LogP contribution is -2.43. The van der Waals surface area contributed by atoms with Crippen molar-refractivity contribution in [1.82, 2.24) is 6.15 Å². The first-order valence-corrected chi connectivity index (χ1v) is 11.1. The molecule has 7 nitrogen and oxygen atoms in total. The summed E-state index contributed by atoms with van der Waals surface area (Å²) in [5, 5.41) is 30.9. The van der Waals surface area contributed by atoms with Gasteiger partial charge in [0.25, 0.3) is 0 Å². The van der Waals surface area contributed by atoms with Gasteiger partial charge >= 0.3 is 5.97 Å². The number of carbonyl (C=O) groups excluding carboxylic acids is 2. The van der Waals surface area contributed by atoms with E-state index < -0.39 is 62.2 Å². The van der Waals surface area contributed by atoms with E-state index in [0.717, 1.165) is 5.57 Å². The SMILES string of the molecule is [2H]C([2H])([2H])C(CC)(C(=O)O[C@H]1C[C@@H](C)C=C2C=C[C@H](C)[C@H](CC[C@H](O)C[C@H](O)CC(=O)[O-])[C@H]21)C([2H])([2H])[2H].[NH4+]. The Hall–Kier alpha value is -1.70. The van der Waals surface area contributed by atoms with E-state index in [1.165, 1.54) is 6.92 Å². The Labute approximate surface area is 200 Å². The van der Waals surface area contributed by atoms with E-state index in [1.54, 1.807) is 0 Å². The second-order valence-electron chi connectivity index (χ2n) is 9.19. The van der Waals surface area contributed by atoms with Gasteiger partial charge in [0.2, 0.25) is 0 Å². The normalized spacial score (nSPS) is 32.8. The van der Waals surface area contributed by atoms with Gasteiger partial charge in [0.1, 0.15) is 6.10 Å². The van der Waals surface area contributed by atoms with Crippen molar-refractivity contribution >= 4 is 11.9 Å². The Morgan fingerprint density at radius 2 is 2.00 bits per heavy atom. The topological polar surface area (TPSA) is 143 Å². The molecule has 0 spiro atoms. The van der Waals surface area contributed by atoms with Crippen LogP contribution in [0.5, 0.6) is 0 Å². The molecule has 0 aromatic rings. The Bertz CT molecular complexity index is 873. The van der Waals surface area contributed by atoms with Gasteiger partial charge < -0.3 is 31.0 Å². The minimum Gasteiger partial charge on any atom is -0.550 e. The molecule has 0 fully saturated rings. The maximum Gasteiger partial charge on any atom is 0.311 e. The van der Waals surface area contributed by atoms with Crippen molar-refractivity contribution in [2.24, 2.45) is 29.1 Å². The Balaban J connectivity index is 0.00000722. The molecule has 0 saturated heterocycles. The van der Waals surface area contributed by atoms with E-state index in [0.29, 0.717) is 12.8 Å². The summed E-state index contributed by atoms with van der Waals surface area (Å²) < 4.78 is 53.3. The average Bonchev–Trinajstić information content (AvgIpc) is 2.71. The lowest BCUT2D eigenvalue weighted by atomic mass is 9.65. The van der Waals surface area contributed by atoms with E-state index in [-0.39, 0.29) is 42.7 Å². The minimum absolute atomic E-state index is 0. The van der Waals surface area contributed by atoms with E-state index in [9.17, 15) is 24.9 Å². The Kier molecular flexibility index (Phi) is 7.38. The first-order valence-electron chi connectivity index (χ1n) is 14.1. The molecule has 0 aromatic carbocycles. The van der Waals surface area contributed by atoms with Gasteiger partial charge in [-0.15, -0.1) is 0 Å². The Morgan fingerprint density at radius 3 is 2.59 bits per heavy atom. The molecule has 2 aliphatic carbocycles. The largest absolute Gasteiger partial charge is 0.550 e. The van der Waals surface area contributed by atoms with Gasteiger partial charge in [-0.05, 0) is 69.1 Å². The van der Waals surface area contributed by atoms with E-state index >= 15 is 0 Å². The van der Waals surface area contributed by atoms with E-state index in [2.05, 4.69) is 6.08 Å². The van der Waals surface area contributed by atoms with Crippen molar-refractivity contribution in [1.29, 1.82) is 0 Å². The monoisotopic (exact) mass is 459 g/mol. The van der Waals surface area contributed by atoms with Gasteiger partial charge in [0.15, 0.2) is 0 Å². The van der Waals surface area contributed by atoms with Crippen LogP contribution in [0.25, 0.3) is 0 Å². The van der Waals surface area contributed by atoms with Gasteiger partial charge in [-0.3, -0.25) is 4.79 Å². The number of hydrogen-bond donors (Lipinski definition) is 3. The number of hydrogen-bond acceptors (Lipinski definition) is 6. The maximum absolute atomic E-state index is 13.4. The quantitative estimate of drug-likeness (QED) is 0.428. The first kappa shape index (κ1) is 19.7. The number of carboxylic acids is 1. The number of fused-ring (bicyclic) bond motifs is 1. The standard InChI is InChI=1S/C25H40O6.H3N/c1-6-25(4,5)24(30)31-21-12-15(2)11-17-8-7-16(3)20(23(17)21)10-9-18(26)13-19(27)14-22(28)29;/h7-8,11,15-16,18-21,23,26-27H,6,9-10,12-14H2,1-5H3,(H,28,29);1H3/t15-,16-,18-,19-,20-,21-,23-;/m0./s1/i4D3,5D3;. The number of quaternary nitrogens is 1. The van der Waals surface area contributed by atoms with Crippen LogP contribution >= 0.6 is 0 Å². The number of esters is 1. The molecule has 7 atom stereocenters. The molecule has 184 valence electrons. The zero-order chi connectivity index (χ0) is 28.3. The molecule has 6 N–H and O–H groups in total. The number of allylic oxidation sites excluding steroid dienone is 3. The second-order valence-corrected chi connectivity index (χ2v) is 9.19. The molecule has 0 saturated carbocycles. The van der Waals surface area contributed by atoms with Crippen molar-refractivity contribution in [3.63, 3.8) is 0 Å². The molecule has 0 aliphatic heterocycles. The average molecular weight is 460 g/mol. The highest BCUT2D eigenvalue weighted by Crippen LogP contribution is 2.45. The summed E-state index contributed by atoms with van der Waals surface area (Å²) in [6.07, 6.45) is 3.07. The van der Waals surface area contributed by atoms with Crippen molar-refractivity contribution < 1.29 is 37.9 Å². The fourth-order valence-corrected chi connectivity index (χ4v) is 4.70. The minimum atomic E-state index is -3.10. The highest BCUT2D eigenvalue weighted by atomic mass is 16.5. The Morgan fingerprint density at radius 1 is 1.31 bits per heavy atom. The molecule has 0 radical (unpaired) electrons. The molecule has 2 aliphatic rings. The fourth-order valence-electron chi connectivity index (χ4n) is 4.70. The number of carboxylic acid groups (broad SMARTS) is 1. The predicted molar refractivity (Wildman–Crippen MR) is 123 cm³/mol. The number of aliphatic carboxylic acids is 1. The van der Waals surface area contributed by atoms with Crippen molar-refractivity contribution in [2.75, 3.05) is 0 Å². The van der Waals surface area contributed by atoms with Gasteiger partial charge in [-0.1, -0.05) is 39.0 Å². The van der Waals surface area contributed by atoms with Crippen LogP contribution in [-0.2, 0) is 14.3 Å². The molecule has 7 heteroatoms. The van der Waals surface area contributed by atoms with E-state index in [4.69, 9.17) is 13.0 Å². The van der Waals surface area contributed by atoms with Crippen LogP contribution in [0.4, 0.5) is 0 Å². The zero-order valence-electron chi connectivity index (χ0n) is 25.5. The summed E-state index contributed by atoms with van der Waals surface area (Å²) in [5.74, 6) is -3.09. The van der Waals surface area contributed by atoms with Crippen LogP contribution in [-0.4, -0.2) is 40.5 Å². The van der Waals surface area contributed by atoms with Crippen LogP contribution in [0.15, 0.2) is 23.8 Å². The van der Waals surface area contributed by atoms with Gasteiger partial charge in [-0.2, -0.15) is 0 Å². The van der Waals surface area contributed by atoms with Crippen LogP contribution in [0.2, 0.25) is 0 Å². The summed E-state index contributed by atoms with van der Waals surface area (Å²) in [6.45, 7) is -0.919. The summed E-state index contributed by atoms with van der Waals surface area (Å²) in [7, 11) is 0. The second kappa shape index (κ2) is 12.0. The van der Waals surface area contributed by atoms with Crippen LogP contribution in [0, 0.1) is 29.1 Å². The van der Waals surface area contributed by atoms with Crippen LogP contribution in [0.1, 0.15) is 81.2 Å². The number of ether oxygens (including phenoxy) is 1. The summed E-state index contributed by atoms with van der Waals surface area (Å²) in [5.41, 5.74) is -1.74. The third-order valence-electron chi connectivity index (χ3n) is 6.51. The van der Waals surface area contributed by atoms with Gasteiger partial charge in [0.05, 0.1) is 17.6 Å². The lowest BCUT2D eigenvalue weighted by Gasteiger charge is -2.44. The van der Waals surface area contributed by atoms with Crippen LogP contribution in [0.3, 0.4) is 0 Å². The number of aliphatic hydroxyl groups is 2. The highest BCUT2D eigenvalue weighted by Gasteiger charge is 2.42. The number of carbonyl (C=O) groups is 2. The fraction of sp³-hybridized carbons (Fsp3) is 0.760. The van der Waals surface area contributed by atoms with Gasteiger partial charge in [-0.25, -0.2) is 0 Å². The molecule has 0 bridgehead atoms. The van der Waals surface area contributed by atoms with Crippen LogP contribution < -0.4 is 11.3 Å². The molecule has 2 rings (SSSR count).